The van der Waals surface area contributed by atoms with Gasteiger partial charge in [0, 0.05) is 31.6 Å². The van der Waals surface area contributed by atoms with Gasteiger partial charge in [-0.2, -0.15) is 0 Å². The van der Waals surface area contributed by atoms with Crippen LogP contribution in [0.2, 0.25) is 5.15 Å². The number of aryl methyl sites for hydroxylation is 1. The van der Waals surface area contributed by atoms with Crippen LogP contribution in [0.3, 0.4) is 0 Å². The lowest BCUT2D eigenvalue weighted by Gasteiger charge is -2.20. The highest BCUT2D eigenvalue weighted by Crippen LogP contribution is 2.26. The lowest BCUT2D eigenvalue weighted by Crippen LogP contribution is -2.35. The van der Waals surface area contributed by atoms with E-state index in [4.69, 9.17) is 11.6 Å². The molecule has 0 aliphatic carbocycles. The molecule has 1 N–H and O–H groups in total. The molecule has 0 radical (unpaired) electrons. The van der Waals surface area contributed by atoms with Gasteiger partial charge < -0.3 is 10.2 Å². The van der Waals surface area contributed by atoms with Crippen LogP contribution in [-0.2, 0) is 4.79 Å². The summed E-state index contributed by atoms with van der Waals surface area (Å²) in [6, 6.07) is 0.191. The Balaban J connectivity index is 2.16. The average Bonchev–Trinajstić information content (AvgIpc) is 2.70. The molecule has 0 aromatic carbocycles. The second-order valence-corrected chi connectivity index (χ2v) is 5.00. The number of carbonyl (C=O) groups excluding carboxylic acids is 1. The molecule has 6 heteroatoms. The Morgan fingerprint density at radius 2 is 2.17 bits per heavy atom. The topological polar surface area (TPSA) is 58.1 Å². The van der Waals surface area contributed by atoms with Crippen LogP contribution >= 0.6 is 11.6 Å². The third kappa shape index (κ3) is 2.72. The van der Waals surface area contributed by atoms with Gasteiger partial charge in [-0.1, -0.05) is 11.6 Å². The molecule has 2 rings (SSSR count). The maximum absolute atomic E-state index is 11.0. The first kappa shape index (κ1) is 13.1. The fourth-order valence-corrected chi connectivity index (χ4v) is 2.45. The van der Waals surface area contributed by atoms with E-state index in [2.05, 4.69) is 20.2 Å². The Bertz CT molecular complexity index is 477. The third-order valence-corrected chi connectivity index (χ3v) is 3.44. The van der Waals surface area contributed by atoms with E-state index in [1.807, 2.05) is 13.8 Å². The van der Waals surface area contributed by atoms with Gasteiger partial charge in [0.15, 0.2) is 0 Å². The number of aromatic nitrogens is 2. The van der Waals surface area contributed by atoms with Crippen LogP contribution in [0.5, 0.6) is 0 Å². The zero-order valence-corrected chi connectivity index (χ0v) is 11.6. The second-order valence-electron chi connectivity index (χ2n) is 4.64. The van der Waals surface area contributed by atoms with Crippen molar-refractivity contribution in [3.8, 4) is 0 Å². The van der Waals surface area contributed by atoms with E-state index < -0.39 is 0 Å². The minimum absolute atomic E-state index is 0.00970. The van der Waals surface area contributed by atoms with Crippen molar-refractivity contribution >= 4 is 23.3 Å². The first-order valence-electron chi connectivity index (χ1n) is 6.00. The summed E-state index contributed by atoms with van der Waals surface area (Å²) < 4.78 is 0. The number of halogens is 1. The summed E-state index contributed by atoms with van der Waals surface area (Å²) in [4.78, 5) is 21.8. The Morgan fingerprint density at radius 1 is 1.44 bits per heavy atom. The number of nitrogens with one attached hydrogen (secondary N) is 1. The zero-order valence-electron chi connectivity index (χ0n) is 10.8. The van der Waals surface area contributed by atoms with E-state index in [0.717, 1.165) is 30.9 Å². The summed E-state index contributed by atoms with van der Waals surface area (Å²) in [5, 5.41) is 3.43. The standard InChI is InChI=1S/C12H17ClN4O/c1-7-11(13)14-8(2)15-12(7)17-5-4-10(6-17)16-9(3)18/h10H,4-6H2,1-3H3,(H,16,18). The highest BCUT2D eigenvalue weighted by molar-refractivity contribution is 6.30. The van der Waals surface area contributed by atoms with E-state index in [1.165, 1.54) is 0 Å². The van der Waals surface area contributed by atoms with Crippen molar-refractivity contribution in [2.75, 3.05) is 18.0 Å². The molecule has 1 aliphatic rings. The van der Waals surface area contributed by atoms with Gasteiger partial charge in [0.1, 0.15) is 16.8 Å². The van der Waals surface area contributed by atoms with Gasteiger partial charge in [-0.15, -0.1) is 0 Å². The van der Waals surface area contributed by atoms with Crippen molar-refractivity contribution in [1.82, 2.24) is 15.3 Å². The summed E-state index contributed by atoms with van der Waals surface area (Å²) in [5.41, 5.74) is 0.894. The number of amides is 1. The second kappa shape index (κ2) is 5.10. The monoisotopic (exact) mass is 268 g/mol. The highest BCUT2D eigenvalue weighted by Gasteiger charge is 2.25. The van der Waals surface area contributed by atoms with Crippen molar-refractivity contribution in [2.24, 2.45) is 0 Å². The van der Waals surface area contributed by atoms with E-state index in [-0.39, 0.29) is 11.9 Å². The van der Waals surface area contributed by atoms with Crippen LogP contribution in [0.15, 0.2) is 0 Å². The minimum atomic E-state index is 0.00970. The Morgan fingerprint density at radius 3 is 2.83 bits per heavy atom. The maximum atomic E-state index is 11.0. The first-order chi connectivity index (χ1) is 8.47. The van der Waals surface area contributed by atoms with Gasteiger partial charge in [0.2, 0.25) is 5.91 Å². The molecule has 1 aliphatic heterocycles. The lowest BCUT2D eigenvalue weighted by atomic mass is 10.2. The molecule has 2 heterocycles. The predicted molar refractivity (Wildman–Crippen MR) is 71.0 cm³/mol. The molecule has 1 unspecified atom stereocenters. The highest BCUT2D eigenvalue weighted by atomic mass is 35.5. The molecule has 0 bridgehead atoms. The average molecular weight is 269 g/mol. The first-order valence-corrected chi connectivity index (χ1v) is 6.38. The Labute approximate surface area is 112 Å². The molecule has 1 amide bonds. The molecule has 5 nitrogen and oxygen atoms in total. The number of hydrogen-bond acceptors (Lipinski definition) is 4. The number of rotatable bonds is 2. The van der Waals surface area contributed by atoms with Crippen LogP contribution < -0.4 is 10.2 Å². The smallest absolute Gasteiger partial charge is 0.217 e. The number of hydrogen-bond donors (Lipinski definition) is 1. The van der Waals surface area contributed by atoms with Gasteiger partial charge in [-0.3, -0.25) is 4.79 Å². The summed E-state index contributed by atoms with van der Waals surface area (Å²) in [7, 11) is 0. The fourth-order valence-electron chi connectivity index (χ4n) is 2.25. The van der Waals surface area contributed by atoms with Crippen molar-refractivity contribution in [1.29, 1.82) is 0 Å². The quantitative estimate of drug-likeness (QED) is 0.825. The van der Waals surface area contributed by atoms with Gasteiger partial charge in [0.25, 0.3) is 0 Å². The van der Waals surface area contributed by atoms with Crippen molar-refractivity contribution in [3.63, 3.8) is 0 Å². The Hall–Kier alpha value is -1.36. The molecular weight excluding hydrogens is 252 g/mol. The fraction of sp³-hybridized carbons (Fsp3) is 0.583. The molecule has 98 valence electrons. The van der Waals surface area contributed by atoms with E-state index in [9.17, 15) is 4.79 Å². The number of anilines is 1. The van der Waals surface area contributed by atoms with Gasteiger partial charge in [-0.05, 0) is 20.3 Å². The molecule has 18 heavy (non-hydrogen) atoms. The van der Waals surface area contributed by atoms with Gasteiger partial charge in [-0.25, -0.2) is 9.97 Å². The minimum Gasteiger partial charge on any atom is -0.354 e. The van der Waals surface area contributed by atoms with Crippen LogP contribution in [0, 0.1) is 13.8 Å². The van der Waals surface area contributed by atoms with Crippen molar-refractivity contribution < 1.29 is 4.79 Å². The third-order valence-electron chi connectivity index (χ3n) is 3.07. The predicted octanol–water partition coefficient (Wildman–Crippen LogP) is 1.46. The molecular formula is C12H17ClN4O. The van der Waals surface area contributed by atoms with Crippen molar-refractivity contribution in [2.45, 2.75) is 33.2 Å². The molecule has 1 saturated heterocycles. The summed E-state index contributed by atoms with van der Waals surface area (Å²) in [6.07, 6.45) is 0.930. The van der Waals surface area contributed by atoms with Crippen LogP contribution in [0.25, 0.3) is 0 Å². The van der Waals surface area contributed by atoms with E-state index >= 15 is 0 Å². The molecule has 1 fully saturated rings. The summed E-state index contributed by atoms with van der Waals surface area (Å²) in [5.74, 6) is 1.56. The number of carbonyl (C=O) groups is 1. The maximum Gasteiger partial charge on any atom is 0.217 e. The van der Waals surface area contributed by atoms with E-state index in [1.54, 1.807) is 6.92 Å². The van der Waals surface area contributed by atoms with Crippen LogP contribution in [-0.4, -0.2) is 35.0 Å². The van der Waals surface area contributed by atoms with Crippen LogP contribution in [0.1, 0.15) is 24.7 Å². The van der Waals surface area contributed by atoms with Crippen molar-refractivity contribution in [3.05, 3.63) is 16.5 Å². The Kier molecular flexibility index (Phi) is 3.71. The molecule has 1 aromatic heterocycles. The lowest BCUT2D eigenvalue weighted by molar-refractivity contribution is -0.119. The largest absolute Gasteiger partial charge is 0.354 e. The van der Waals surface area contributed by atoms with Gasteiger partial charge in [0.05, 0.1) is 0 Å². The van der Waals surface area contributed by atoms with E-state index in [0.29, 0.717) is 11.0 Å². The number of nitrogens with zero attached hydrogens (tertiary/aromatic N) is 3. The normalized spacial score (nSPS) is 19.1. The zero-order chi connectivity index (χ0) is 13.3. The van der Waals surface area contributed by atoms with Crippen LogP contribution in [0.4, 0.5) is 5.82 Å². The molecule has 0 saturated carbocycles. The molecule has 1 aromatic rings. The summed E-state index contributed by atoms with van der Waals surface area (Å²) >= 11 is 6.07. The molecule has 0 spiro atoms. The molecule has 1 atom stereocenters. The summed E-state index contributed by atoms with van der Waals surface area (Å²) in [6.45, 7) is 6.93. The SMILES string of the molecule is CC(=O)NC1CCN(c2nc(C)nc(Cl)c2C)C1. The van der Waals surface area contributed by atoms with Gasteiger partial charge >= 0.3 is 0 Å².